The molecule has 1 atom stereocenters. The number of nitrogens with zero attached hydrogens (tertiary/aromatic N) is 3. The first kappa shape index (κ1) is 24.0. The summed E-state index contributed by atoms with van der Waals surface area (Å²) in [5, 5.41) is 2.08. The molecule has 5 rings (SSSR count). The predicted molar refractivity (Wildman–Crippen MR) is 138 cm³/mol. The molecule has 0 bridgehead atoms. The number of fused-ring (bicyclic) bond motifs is 1. The second-order valence-electron chi connectivity index (χ2n) is 8.84. The highest BCUT2D eigenvalue weighted by Crippen LogP contribution is 2.37. The van der Waals surface area contributed by atoms with Crippen LogP contribution in [0.4, 0.5) is 4.39 Å². The van der Waals surface area contributed by atoms with E-state index in [4.69, 9.17) is 0 Å². The lowest BCUT2D eigenvalue weighted by atomic mass is 9.93. The predicted octanol–water partition coefficient (Wildman–Crippen LogP) is 4.30. The molecule has 0 N–H and O–H groups in total. The van der Waals surface area contributed by atoms with E-state index in [1.807, 2.05) is 46.2 Å². The van der Waals surface area contributed by atoms with Gasteiger partial charge >= 0.3 is 0 Å². The standard InChI is InChI=1S/C27H28FN3O2S2/c28-21-6-4-5-20(17-21)27-23-10-16-34-24(23)9-11-31(27)18-25(32)29-12-14-30(15-13-29)26(33)19-35-22-7-2-1-3-8-22/h1-8,10,16-17,27H,9,11-15,18-19H2. The average molecular weight is 510 g/mol. The molecule has 0 saturated carbocycles. The number of hydrogen-bond donors (Lipinski definition) is 0. The first-order valence-electron chi connectivity index (χ1n) is 11.9. The van der Waals surface area contributed by atoms with Crippen LogP contribution in [0.15, 0.2) is 70.9 Å². The zero-order chi connectivity index (χ0) is 24.2. The van der Waals surface area contributed by atoms with Gasteiger partial charge in [0.25, 0.3) is 0 Å². The van der Waals surface area contributed by atoms with Crippen molar-refractivity contribution in [1.29, 1.82) is 0 Å². The van der Waals surface area contributed by atoms with Crippen molar-refractivity contribution in [2.75, 3.05) is 45.0 Å². The van der Waals surface area contributed by atoms with Gasteiger partial charge in [0.1, 0.15) is 5.82 Å². The van der Waals surface area contributed by atoms with Gasteiger partial charge in [0.05, 0.1) is 18.3 Å². The third-order valence-electron chi connectivity index (χ3n) is 6.66. The Morgan fingerprint density at radius 1 is 0.914 bits per heavy atom. The summed E-state index contributed by atoms with van der Waals surface area (Å²) in [6.45, 7) is 3.25. The minimum Gasteiger partial charge on any atom is -0.338 e. The summed E-state index contributed by atoms with van der Waals surface area (Å²) >= 11 is 3.27. The van der Waals surface area contributed by atoms with Crippen LogP contribution in [-0.2, 0) is 16.0 Å². The number of amides is 2. The van der Waals surface area contributed by atoms with Gasteiger partial charge in [0, 0.05) is 42.5 Å². The minimum absolute atomic E-state index is 0.0656. The van der Waals surface area contributed by atoms with Crippen molar-refractivity contribution in [3.05, 3.63) is 87.9 Å². The lowest BCUT2D eigenvalue weighted by molar-refractivity contribution is -0.139. The smallest absolute Gasteiger partial charge is 0.236 e. The Morgan fingerprint density at radius 2 is 1.66 bits per heavy atom. The average Bonchev–Trinajstić information content (AvgIpc) is 3.37. The maximum Gasteiger partial charge on any atom is 0.236 e. The Kier molecular flexibility index (Phi) is 7.51. The fourth-order valence-corrected chi connectivity index (χ4v) is 6.56. The first-order chi connectivity index (χ1) is 17.1. The van der Waals surface area contributed by atoms with Gasteiger partial charge in [-0.2, -0.15) is 0 Å². The summed E-state index contributed by atoms with van der Waals surface area (Å²) in [6, 6.07) is 18.6. The monoisotopic (exact) mass is 509 g/mol. The largest absolute Gasteiger partial charge is 0.338 e. The van der Waals surface area contributed by atoms with Crippen molar-refractivity contribution in [2.45, 2.75) is 17.4 Å². The van der Waals surface area contributed by atoms with Crippen LogP contribution in [-0.4, -0.2) is 71.5 Å². The van der Waals surface area contributed by atoms with Crippen LogP contribution in [0.3, 0.4) is 0 Å². The van der Waals surface area contributed by atoms with Gasteiger partial charge in [-0.25, -0.2) is 4.39 Å². The molecular formula is C27H28FN3O2S2. The van der Waals surface area contributed by atoms with E-state index in [1.54, 1.807) is 35.2 Å². The maximum absolute atomic E-state index is 14.0. The molecule has 2 amide bonds. The quantitative estimate of drug-likeness (QED) is 0.465. The molecule has 0 spiro atoms. The van der Waals surface area contributed by atoms with E-state index in [0.717, 1.165) is 23.4 Å². The van der Waals surface area contributed by atoms with Gasteiger partial charge in [0.15, 0.2) is 0 Å². The fourth-order valence-electron chi connectivity index (χ4n) is 4.84. The molecule has 0 radical (unpaired) electrons. The Morgan fingerprint density at radius 3 is 2.40 bits per heavy atom. The number of benzene rings is 2. The molecule has 182 valence electrons. The summed E-state index contributed by atoms with van der Waals surface area (Å²) in [5.74, 6) is 0.320. The molecular weight excluding hydrogens is 481 g/mol. The van der Waals surface area contributed by atoms with E-state index in [2.05, 4.69) is 16.3 Å². The molecule has 35 heavy (non-hydrogen) atoms. The molecule has 3 heterocycles. The van der Waals surface area contributed by atoms with Gasteiger partial charge in [-0.05, 0) is 53.3 Å². The summed E-state index contributed by atoms with van der Waals surface area (Å²) in [7, 11) is 0. The van der Waals surface area contributed by atoms with Crippen LogP contribution in [0.2, 0.25) is 0 Å². The molecule has 5 nitrogen and oxygen atoms in total. The molecule has 3 aromatic rings. The third-order valence-corrected chi connectivity index (χ3v) is 8.65. The van der Waals surface area contributed by atoms with Crippen molar-refractivity contribution in [3.8, 4) is 0 Å². The van der Waals surface area contributed by atoms with Gasteiger partial charge in [-0.1, -0.05) is 30.3 Å². The summed E-state index contributed by atoms with van der Waals surface area (Å²) in [6.07, 6.45) is 0.896. The first-order valence-corrected chi connectivity index (χ1v) is 13.7. The number of carbonyl (C=O) groups excluding carboxylic acids is 2. The van der Waals surface area contributed by atoms with E-state index in [1.165, 1.54) is 16.5 Å². The normalized spacial score (nSPS) is 18.4. The van der Waals surface area contributed by atoms with E-state index < -0.39 is 0 Å². The van der Waals surface area contributed by atoms with Crippen molar-refractivity contribution in [2.24, 2.45) is 0 Å². The molecule has 1 unspecified atom stereocenters. The molecule has 1 fully saturated rings. The van der Waals surface area contributed by atoms with Crippen LogP contribution in [0.1, 0.15) is 22.0 Å². The molecule has 2 aliphatic rings. The summed E-state index contributed by atoms with van der Waals surface area (Å²) in [4.78, 5) is 34.2. The van der Waals surface area contributed by atoms with Crippen LogP contribution < -0.4 is 0 Å². The molecule has 2 aliphatic heterocycles. The van der Waals surface area contributed by atoms with Gasteiger partial charge in [0.2, 0.25) is 11.8 Å². The Labute approximate surface area is 213 Å². The third kappa shape index (κ3) is 5.60. The molecule has 1 aromatic heterocycles. The van der Waals surface area contributed by atoms with Crippen LogP contribution in [0.25, 0.3) is 0 Å². The van der Waals surface area contributed by atoms with Crippen molar-refractivity contribution < 1.29 is 14.0 Å². The highest BCUT2D eigenvalue weighted by molar-refractivity contribution is 8.00. The number of halogens is 1. The van der Waals surface area contributed by atoms with Gasteiger partial charge in [-0.3, -0.25) is 14.5 Å². The van der Waals surface area contributed by atoms with Crippen molar-refractivity contribution >= 4 is 34.9 Å². The number of carbonyl (C=O) groups is 2. The molecule has 0 aliphatic carbocycles. The zero-order valence-corrected chi connectivity index (χ0v) is 21.1. The van der Waals surface area contributed by atoms with E-state index in [-0.39, 0.29) is 30.2 Å². The maximum atomic E-state index is 14.0. The lowest BCUT2D eigenvalue weighted by Gasteiger charge is -2.39. The molecule has 8 heteroatoms. The molecule has 1 saturated heterocycles. The van der Waals surface area contributed by atoms with Crippen LogP contribution >= 0.6 is 23.1 Å². The van der Waals surface area contributed by atoms with Crippen molar-refractivity contribution in [3.63, 3.8) is 0 Å². The van der Waals surface area contributed by atoms with E-state index in [9.17, 15) is 14.0 Å². The number of thioether (sulfide) groups is 1. The summed E-state index contributed by atoms with van der Waals surface area (Å²) in [5.41, 5.74) is 2.05. The van der Waals surface area contributed by atoms with Crippen LogP contribution in [0, 0.1) is 5.82 Å². The SMILES string of the molecule is O=C(CSc1ccccc1)N1CCN(C(=O)CN2CCc3sccc3C2c2cccc(F)c2)CC1. The van der Waals surface area contributed by atoms with E-state index >= 15 is 0 Å². The second-order valence-corrected chi connectivity index (χ2v) is 10.9. The van der Waals surface area contributed by atoms with Crippen molar-refractivity contribution in [1.82, 2.24) is 14.7 Å². The van der Waals surface area contributed by atoms with Crippen LogP contribution in [0.5, 0.6) is 0 Å². The highest BCUT2D eigenvalue weighted by Gasteiger charge is 2.33. The van der Waals surface area contributed by atoms with E-state index in [0.29, 0.717) is 31.9 Å². The number of piperazine rings is 1. The Bertz CT molecular complexity index is 1180. The topological polar surface area (TPSA) is 43.9 Å². The molecule has 2 aromatic carbocycles. The minimum atomic E-state index is -0.262. The van der Waals surface area contributed by atoms with Gasteiger partial charge < -0.3 is 9.80 Å². The Hall–Kier alpha value is -2.68. The number of rotatable bonds is 6. The highest BCUT2D eigenvalue weighted by atomic mass is 32.2. The number of thiophene rings is 1. The zero-order valence-electron chi connectivity index (χ0n) is 19.4. The lowest BCUT2D eigenvalue weighted by Crippen LogP contribution is -2.53. The summed E-state index contributed by atoms with van der Waals surface area (Å²) < 4.78 is 14.0. The fraction of sp³-hybridized carbons (Fsp3) is 0.333. The number of hydrogen-bond acceptors (Lipinski definition) is 5. The Balaban J connectivity index is 1.18. The second kappa shape index (κ2) is 10.9. The van der Waals surface area contributed by atoms with Gasteiger partial charge in [-0.15, -0.1) is 23.1 Å².